The molecule has 2 aromatic heterocycles. The van der Waals surface area contributed by atoms with Crippen LogP contribution in [-0.2, 0) is 22.7 Å². The predicted octanol–water partition coefficient (Wildman–Crippen LogP) is 2.24. The summed E-state index contributed by atoms with van der Waals surface area (Å²) in [5, 5.41) is 2.33. The van der Waals surface area contributed by atoms with Gasteiger partial charge in [0.15, 0.2) is 5.58 Å². The van der Waals surface area contributed by atoms with Crippen LogP contribution in [0, 0.1) is 0 Å². The average molecular weight is 460 g/mol. The van der Waals surface area contributed by atoms with E-state index in [-0.39, 0.29) is 24.3 Å². The van der Waals surface area contributed by atoms with Gasteiger partial charge in [0.1, 0.15) is 29.2 Å². The van der Waals surface area contributed by atoms with Crippen molar-refractivity contribution in [2.24, 2.45) is 0 Å². The number of piperidine rings is 1. The topological polar surface area (TPSA) is 105 Å². The first-order valence-corrected chi connectivity index (χ1v) is 11.5. The summed E-state index contributed by atoms with van der Waals surface area (Å²) in [4.78, 5) is 44.7. The molecule has 0 saturated carbocycles. The highest BCUT2D eigenvalue weighted by Crippen LogP contribution is 2.31. The zero-order valence-corrected chi connectivity index (χ0v) is 18.5. The Labute approximate surface area is 195 Å². The van der Waals surface area contributed by atoms with Gasteiger partial charge in [-0.3, -0.25) is 29.6 Å². The van der Waals surface area contributed by atoms with Crippen LogP contribution < -0.4 is 10.1 Å². The molecule has 0 radical (unpaired) electrons. The van der Waals surface area contributed by atoms with E-state index < -0.39 is 11.9 Å². The van der Waals surface area contributed by atoms with Crippen LogP contribution in [0.1, 0.15) is 40.9 Å². The van der Waals surface area contributed by atoms with Crippen molar-refractivity contribution in [1.82, 2.24) is 20.1 Å². The molecule has 2 unspecified atom stereocenters. The standard InChI is InChI=1S/C25H24N4O5/c30-23-6-5-21(24(31)27-23)29-12-15-10-16(3-4-19(15)25(29)32)33-17-7-9-28(13-17)14-18-11-20-22(34-18)2-1-8-26-20/h1-4,8,10-11,17,21H,5-7,9,12-14H2,(H,27,30,31). The molecule has 3 amide bonds. The molecule has 0 bridgehead atoms. The Kier molecular flexibility index (Phi) is 5.06. The fourth-order valence-electron chi connectivity index (χ4n) is 5.07. The minimum Gasteiger partial charge on any atom is -0.489 e. The van der Waals surface area contributed by atoms with Crippen LogP contribution in [0.25, 0.3) is 11.1 Å². The maximum absolute atomic E-state index is 12.9. The second kappa shape index (κ2) is 8.25. The van der Waals surface area contributed by atoms with Crippen LogP contribution in [0.15, 0.2) is 47.0 Å². The Morgan fingerprint density at radius 1 is 1.15 bits per heavy atom. The normalized spacial score (nSPS) is 22.9. The zero-order valence-electron chi connectivity index (χ0n) is 18.5. The number of benzene rings is 1. The molecule has 3 aliphatic rings. The predicted molar refractivity (Wildman–Crippen MR) is 121 cm³/mol. The number of ether oxygens (including phenoxy) is 1. The third kappa shape index (κ3) is 3.81. The Hall–Kier alpha value is -3.72. The first kappa shape index (κ1) is 20.9. The van der Waals surface area contributed by atoms with Gasteiger partial charge in [-0.2, -0.15) is 0 Å². The number of amides is 3. The lowest BCUT2D eigenvalue weighted by Gasteiger charge is -2.29. The first-order chi connectivity index (χ1) is 16.5. The minimum absolute atomic E-state index is 0.0453. The molecular formula is C25H24N4O5. The number of imide groups is 1. The summed E-state index contributed by atoms with van der Waals surface area (Å²) in [5.74, 6) is 0.739. The lowest BCUT2D eigenvalue weighted by atomic mass is 10.0. The molecule has 9 heteroatoms. The van der Waals surface area contributed by atoms with Gasteiger partial charge in [-0.15, -0.1) is 0 Å². The van der Waals surface area contributed by atoms with Gasteiger partial charge in [-0.05, 0) is 48.7 Å². The maximum Gasteiger partial charge on any atom is 0.255 e. The second-order valence-electron chi connectivity index (χ2n) is 9.08. The Morgan fingerprint density at radius 2 is 2.06 bits per heavy atom. The quantitative estimate of drug-likeness (QED) is 0.582. The summed E-state index contributed by atoms with van der Waals surface area (Å²) in [6.07, 6.45) is 3.30. The van der Waals surface area contributed by atoms with E-state index in [0.29, 0.717) is 25.1 Å². The molecule has 5 heterocycles. The Balaban J connectivity index is 1.09. The molecule has 3 aromatic rings. The summed E-state index contributed by atoms with van der Waals surface area (Å²) in [6.45, 7) is 2.73. The van der Waals surface area contributed by atoms with Gasteiger partial charge in [-0.25, -0.2) is 0 Å². The number of nitrogens with zero attached hydrogens (tertiary/aromatic N) is 3. The van der Waals surface area contributed by atoms with Crippen LogP contribution in [0.4, 0.5) is 0 Å². The molecule has 1 N–H and O–H groups in total. The van der Waals surface area contributed by atoms with E-state index >= 15 is 0 Å². The van der Waals surface area contributed by atoms with Crippen molar-refractivity contribution in [2.45, 2.75) is 44.5 Å². The largest absolute Gasteiger partial charge is 0.489 e. The molecule has 1 aromatic carbocycles. The highest BCUT2D eigenvalue weighted by molar-refractivity contribution is 6.05. The van der Waals surface area contributed by atoms with E-state index in [1.165, 1.54) is 0 Å². The third-order valence-electron chi connectivity index (χ3n) is 6.74. The van der Waals surface area contributed by atoms with E-state index in [0.717, 1.165) is 47.7 Å². The summed E-state index contributed by atoms with van der Waals surface area (Å²) >= 11 is 0. The SMILES string of the molecule is O=C1CCC(N2Cc3cc(OC4CCN(Cc5cc6ncccc6o5)C4)ccc3C2=O)C(=O)N1. The van der Waals surface area contributed by atoms with Crippen LogP contribution in [0.3, 0.4) is 0 Å². The van der Waals surface area contributed by atoms with Gasteiger partial charge >= 0.3 is 0 Å². The van der Waals surface area contributed by atoms with Crippen molar-refractivity contribution in [3.8, 4) is 5.75 Å². The van der Waals surface area contributed by atoms with Gasteiger partial charge in [0.05, 0.1) is 6.54 Å². The first-order valence-electron chi connectivity index (χ1n) is 11.5. The number of carbonyl (C=O) groups excluding carboxylic acids is 3. The van der Waals surface area contributed by atoms with E-state index in [1.807, 2.05) is 30.3 Å². The molecule has 3 aliphatic heterocycles. The number of rotatable bonds is 5. The summed E-state index contributed by atoms with van der Waals surface area (Å²) in [6, 6.07) is 10.6. The number of likely N-dealkylation sites (tertiary alicyclic amines) is 1. The summed E-state index contributed by atoms with van der Waals surface area (Å²) < 4.78 is 12.1. The molecule has 9 nitrogen and oxygen atoms in total. The van der Waals surface area contributed by atoms with Crippen LogP contribution >= 0.6 is 0 Å². The smallest absolute Gasteiger partial charge is 0.255 e. The molecule has 174 valence electrons. The number of furan rings is 1. The fraction of sp³-hybridized carbons (Fsp3) is 0.360. The number of nitrogens with one attached hydrogen (secondary N) is 1. The number of hydrogen-bond donors (Lipinski definition) is 1. The Morgan fingerprint density at radius 3 is 2.91 bits per heavy atom. The summed E-state index contributed by atoms with van der Waals surface area (Å²) in [7, 11) is 0. The molecule has 2 saturated heterocycles. The van der Waals surface area contributed by atoms with E-state index in [9.17, 15) is 14.4 Å². The lowest BCUT2D eigenvalue weighted by Crippen LogP contribution is -2.52. The average Bonchev–Trinajstić information content (AvgIpc) is 3.51. The monoisotopic (exact) mass is 460 g/mol. The zero-order chi connectivity index (χ0) is 23.2. The number of hydrogen-bond acceptors (Lipinski definition) is 7. The molecule has 34 heavy (non-hydrogen) atoms. The molecule has 2 fully saturated rings. The molecule has 6 rings (SSSR count). The van der Waals surface area contributed by atoms with Gasteiger partial charge < -0.3 is 14.1 Å². The highest BCUT2D eigenvalue weighted by Gasteiger charge is 2.39. The number of pyridine rings is 1. The van der Waals surface area contributed by atoms with Gasteiger partial charge in [0.2, 0.25) is 11.8 Å². The van der Waals surface area contributed by atoms with Crippen LogP contribution in [0.5, 0.6) is 5.75 Å². The van der Waals surface area contributed by atoms with Crippen molar-refractivity contribution >= 4 is 28.8 Å². The minimum atomic E-state index is -0.612. The van der Waals surface area contributed by atoms with Crippen LogP contribution in [0.2, 0.25) is 0 Å². The van der Waals surface area contributed by atoms with Crippen molar-refractivity contribution in [1.29, 1.82) is 0 Å². The molecule has 0 spiro atoms. The lowest BCUT2D eigenvalue weighted by molar-refractivity contribution is -0.136. The van der Waals surface area contributed by atoms with Crippen molar-refractivity contribution in [3.63, 3.8) is 0 Å². The van der Waals surface area contributed by atoms with Crippen molar-refractivity contribution in [3.05, 3.63) is 59.5 Å². The Bertz CT molecular complexity index is 1270. The molecule has 2 atom stereocenters. The van der Waals surface area contributed by atoms with Crippen molar-refractivity contribution < 1.29 is 23.5 Å². The number of aromatic nitrogens is 1. The molecular weight excluding hydrogens is 436 g/mol. The van der Waals surface area contributed by atoms with E-state index in [1.54, 1.807) is 17.2 Å². The maximum atomic E-state index is 12.9. The molecule has 0 aliphatic carbocycles. The second-order valence-corrected chi connectivity index (χ2v) is 9.08. The van der Waals surface area contributed by atoms with Gasteiger partial charge in [0.25, 0.3) is 5.91 Å². The fourth-order valence-corrected chi connectivity index (χ4v) is 5.07. The van der Waals surface area contributed by atoms with E-state index in [2.05, 4.69) is 15.2 Å². The summed E-state index contributed by atoms with van der Waals surface area (Å²) in [5.41, 5.74) is 3.09. The van der Waals surface area contributed by atoms with Crippen LogP contribution in [-0.4, -0.2) is 57.7 Å². The number of carbonyl (C=O) groups is 3. The van der Waals surface area contributed by atoms with Crippen molar-refractivity contribution in [2.75, 3.05) is 13.1 Å². The highest BCUT2D eigenvalue weighted by atomic mass is 16.5. The van der Waals surface area contributed by atoms with E-state index in [4.69, 9.17) is 9.15 Å². The van der Waals surface area contributed by atoms with Gasteiger partial charge in [-0.1, -0.05) is 0 Å². The third-order valence-corrected chi connectivity index (χ3v) is 6.74. The number of fused-ring (bicyclic) bond motifs is 2. The van der Waals surface area contributed by atoms with Gasteiger partial charge in [0, 0.05) is 43.9 Å².